The Balaban J connectivity index is 1.68. The lowest BCUT2D eigenvalue weighted by atomic mass is 10.0. The molecule has 1 aliphatic carbocycles. The second kappa shape index (κ2) is 6.03. The molecule has 24 heavy (non-hydrogen) atoms. The van der Waals surface area contributed by atoms with Crippen LogP contribution in [0.15, 0.2) is 36.8 Å². The van der Waals surface area contributed by atoms with Gasteiger partial charge in [0.05, 0.1) is 6.20 Å². The van der Waals surface area contributed by atoms with E-state index in [0.717, 1.165) is 16.7 Å². The third-order valence-electron chi connectivity index (χ3n) is 4.10. The van der Waals surface area contributed by atoms with Crippen LogP contribution in [-0.4, -0.2) is 26.0 Å². The van der Waals surface area contributed by atoms with Crippen molar-refractivity contribution < 1.29 is 0 Å². The minimum Gasteiger partial charge on any atom is -0.351 e. The van der Waals surface area contributed by atoms with Crippen molar-refractivity contribution >= 4 is 28.5 Å². The number of hydrogen-bond donors (Lipinski definition) is 2. The Morgan fingerprint density at radius 2 is 2.00 bits per heavy atom. The highest BCUT2D eigenvalue weighted by atomic mass is 15.1. The molecule has 122 valence electrons. The lowest BCUT2D eigenvalue weighted by Gasteiger charge is -2.11. The molecule has 2 N–H and O–H groups in total. The van der Waals surface area contributed by atoms with Crippen molar-refractivity contribution in [1.82, 2.24) is 19.9 Å². The molecule has 0 bridgehead atoms. The van der Waals surface area contributed by atoms with E-state index >= 15 is 0 Å². The fourth-order valence-corrected chi connectivity index (χ4v) is 2.54. The predicted octanol–water partition coefficient (Wildman–Crippen LogP) is 3.86. The third-order valence-corrected chi connectivity index (χ3v) is 4.10. The first-order chi connectivity index (χ1) is 11.7. The summed E-state index contributed by atoms with van der Waals surface area (Å²) in [4.78, 5) is 17.6. The number of rotatable bonds is 5. The molecule has 6 heteroatoms. The van der Waals surface area contributed by atoms with Gasteiger partial charge in [-0.2, -0.15) is 0 Å². The summed E-state index contributed by atoms with van der Waals surface area (Å²) in [6, 6.07) is 8.86. The molecular weight excluding hydrogens is 300 g/mol. The van der Waals surface area contributed by atoms with Gasteiger partial charge >= 0.3 is 0 Å². The van der Waals surface area contributed by atoms with Crippen LogP contribution in [0.4, 0.5) is 17.5 Å². The first-order valence-corrected chi connectivity index (χ1v) is 8.30. The highest BCUT2D eigenvalue weighted by Crippen LogP contribution is 2.26. The van der Waals surface area contributed by atoms with Crippen LogP contribution < -0.4 is 10.6 Å². The number of nitrogens with one attached hydrogen (secondary N) is 2. The van der Waals surface area contributed by atoms with Gasteiger partial charge in [-0.3, -0.25) is 0 Å². The Kier molecular flexibility index (Phi) is 3.72. The number of benzene rings is 1. The summed E-state index contributed by atoms with van der Waals surface area (Å²) in [5.74, 6) is 1.81. The summed E-state index contributed by atoms with van der Waals surface area (Å²) in [6.45, 7) is 4.37. The SMILES string of the molecule is CC(C)c1cccc(Nc2ncnc3cnc(NC4CC4)nc23)c1. The molecule has 6 nitrogen and oxygen atoms in total. The molecule has 1 aliphatic rings. The topological polar surface area (TPSA) is 75.6 Å². The molecule has 4 rings (SSSR count). The van der Waals surface area contributed by atoms with Crippen LogP contribution in [0.1, 0.15) is 38.2 Å². The smallest absolute Gasteiger partial charge is 0.223 e. The Morgan fingerprint density at radius 3 is 2.79 bits per heavy atom. The number of nitrogens with zero attached hydrogens (tertiary/aromatic N) is 4. The van der Waals surface area contributed by atoms with Crippen LogP contribution in [0, 0.1) is 0 Å². The molecule has 2 aromatic heterocycles. The monoisotopic (exact) mass is 320 g/mol. The molecule has 3 aromatic rings. The molecule has 0 spiro atoms. The summed E-state index contributed by atoms with van der Waals surface area (Å²) in [5, 5.41) is 6.69. The van der Waals surface area contributed by atoms with Crippen LogP contribution >= 0.6 is 0 Å². The molecule has 2 heterocycles. The first kappa shape index (κ1) is 14.8. The average Bonchev–Trinajstić information content (AvgIpc) is 3.40. The largest absolute Gasteiger partial charge is 0.351 e. The van der Waals surface area contributed by atoms with E-state index in [2.05, 4.69) is 62.6 Å². The summed E-state index contributed by atoms with van der Waals surface area (Å²) in [5.41, 5.74) is 3.74. The van der Waals surface area contributed by atoms with Gasteiger partial charge in [0, 0.05) is 11.7 Å². The van der Waals surface area contributed by atoms with Crippen molar-refractivity contribution in [2.75, 3.05) is 10.6 Å². The molecule has 1 saturated carbocycles. The molecule has 1 aromatic carbocycles. The number of aromatic nitrogens is 4. The molecule has 1 fully saturated rings. The Hall–Kier alpha value is -2.76. The van der Waals surface area contributed by atoms with E-state index in [9.17, 15) is 0 Å². The van der Waals surface area contributed by atoms with E-state index in [1.807, 2.05) is 6.07 Å². The maximum Gasteiger partial charge on any atom is 0.223 e. The van der Waals surface area contributed by atoms with Crippen molar-refractivity contribution in [3.05, 3.63) is 42.4 Å². The lowest BCUT2D eigenvalue weighted by molar-refractivity contribution is 0.867. The third kappa shape index (κ3) is 3.13. The maximum atomic E-state index is 4.60. The van der Waals surface area contributed by atoms with Gasteiger partial charge in [0.1, 0.15) is 17.4 Å². The fourth-order valence-electron chi connectivity index (χ4n) is 2.54. The summed E-state index contributed by atoms with van der Waals surface area (Å²) in [6.07, 6.45) is 5.64. The minimum absolute atomic E-state index is 0.477. The van der Waals surface area contributed by atoms with Crippen molar-refractivity contribution in [2.24, 2.45) is 0 Å². The molecule has 0 saturated heterocycles. The van der Waals surface area contributed by atoms with Crippen molar-refractivity contribution in [3.8, 4) is 0 Å². The Morgan fingerprint density at radius 1 is 1.12 bits per heavy atom. The quantitative estimate of drug-likeness (QED) is 0.743. The van der Waals surface area contributed by atoms with Crippen LogP contribution in [0.3, 0.4) is 0 Å². The molecular formula is C18H20N6. The maximum absolute atomic E-state index is 4.60. The van der Waals surface area contributed by atoms with E-state index in [1.165, 1.54) is 24.7 Å². The second-order valence-electron chi connectivity index (χ2n) is 6.47. The molecule has 0 radical (unpaired) electrons. The van der Waals surface area contributed by atoms with Gasteiger partial charge in [0.15, 0.2) is 5.82 Å². The van der Waals surface area contributed by atoms with Gasteiger partial charge in [-0.1, -0.05) is 26.0 Å². The van der Waals surface area contributed by atoms with Gasteiger partial charge in [0.25, 0.3) is 0 Å². The highest BCUT2D eigenvalue weighted by Gasteiger charge is 2.22. The van der Waals surface area contributed by atoms with Gasteiger partial charge in [-0.15, -0.1) is 0 Å². The fraction of sp³-hybridized carbons (Fsp3) is 0.333. The summed E-state index contributed by atoms with van der Waals surface area (Å²) < 4.78 is 0. The van der Waals surface area contributed by atoms with Crippen LogP contribution in [0.25, 0.3) is 11.0 Å². The summed E-state index contributed by atoms with van der Waals surface area (Å²) in [7, 11) is 0. The number of anilines is 3. The number of hydrogen-bond acceptors (Lipinski definition) is 6. The predicted molar refractivity (Wildman–Crippen MR) is 95.6 cm³/mol. The average molecular weight is 320 g/mol. The van der Waals surface area contributed by atoms with Gasteiger partial charge in [0.2, 0.25) is 5.95 Å². The Labute approximate surface area is 140 Å². The first-order valence-electron chi connectivity index (χ1n) is 8.30. The zero-order valence-electron chi connectivity index (χ0n) is 13.8. The highest BCUT2D eigenvalue weighted by molar-refractivity contribution is 5.87. The zero-order valence-corrected chi connectivity index (χ0v) is 13.8. The van der Waals surface area contributed by atoms with Crippen LogP contribution in [-0.2, 0) is 0 Å². The van der Waals surface area contributed by atoms with Crippen molar-refractivity contribution in [2.45, 2.75) is 38.6 Å². The molecule has 0 unspecified atom stereocenters. The molecule has 0 aliphatic heterocycles. The normalized spacial score (nSPS) is 14.1. The minimum atomic E-state index is 0.477. The summed E-state index contributed by atoms with van der Waals surface area (Å²) >= 11 is 0. The van der Waals surface area contributed by atoms with Gasteiger partial charge in [-0.25, -0.2) is 19.9 Å². The van der Waals surface area contributed by atoms with Crippen molar-refractivity contribution in [3.63, 3.8) is 0 Å². The standard InChI is InChI=1S/C18H20N6/c1-11(2)12-4-3-5-14(8-12)22-17-16-15(20-10-21-17)9-19-18(24-16)23-13-6-7-13/h3-5,8-11,13H,6-7H2,1-2H3,(H,19,23,24)(H,20,21,22). The molecule has 0 amide bonds. The van der Waals surface area contributed by atoms with E-state index in [0.29, 0.717) is 23.7 Å². The Bertz CT molecular complexity index is 872. The van der Waals surface area contributed by atoms with Crippen LogP contribution in [0.5, 0.6) is 0 Å². The lowest BCUT2D eigenvalue weighted by Crippen LogP contribution is -2.06. The number of fused-ring (bicyclic) bond motifs is 1. The molecule has 0 atom stereocenters. The van der Waals surface area contributed by atoms with E-state index < -0.39 is 0 Å². The van der Waals surface area contributed by atoms with Crippen LogP contribution in [0.2, 0.25) is 0 Å². The van der Waals surface area contributed by atoms with Gasteiger partial charge < -0.3 is 10.6 Å². The van der Waals surface area contributed by atoms with E-state index in [1.54, 1.807) is 6.20 Å². The van der Waals surface area contributed by atoms with Crippen molar-refractivity contribution in [1.29, 1.82) is 0 Å². The van der Waals surface area contributed by atoms with E-state index in [4.69, 9.17) is 0 Å². The zero-order chi connectivity index (χ0) is 16.5. The van der Waals surface area contributed by atoms with Gasteiger partial charge in [-0.05, 0) is 36.5 Å². The second-order valence-corrected chi connectivity index (χ2v) is 6.47. The van der Waals surface area contributed by atoms with E-state index in [-0.39, 0.29) is 0 Å².